The van der Waals surface area contributed by atoms with E-state index in [2.05, 4.69) is 9.72 Å². The SMILES string of the molecule is COC(=O)CS(=O)Cc1ccc(OC)c([N+](=O)[O-])n1. The Bertz CT molecular complexity index is 519. The summed E-state index contributed by atoms with van der Waals surface area (Å²) >= 11 is 0. The Balaban J connectivity index is 2.85. The van der Waals surface area contributed by atoms with Gasteiger partial charge in [-0.05, 0) is 22.0 Å². The van der Waals surface area contributed by atoms with Crippen LogP contribution in [0.3, 0.4) is 0 Å². The molecule has 1 rings (SSSR count). The van der Waals surface area contributed by atoms with E-state index in [4.69, 9.17) is 4.74 Å². The van der Waals surface area contributed by atoms with Crippen LogP contribution in [0.1, 0.15) is 5.69 Å². The molecule has 0 amide bonds. The molecule has 1 aromatic heterocycles. The number of nitro groups is 1. The molecular weight excluding hydrogens is 276 g/mol. The third kappa shape index (κ3) is 4.28. The van der Waals surface area contributed by atoms with Gasteiger partial charge < -0.3 is 19.6 Å². The molecule has 0 radical (unpaired) electrons. The van der Waals surface area contributed by atoms with Gasteiger partial charge in [-0.3, -0.25) is 9.00 Å². The number of carbonyl (C=O) groups is 1. The molecule has 0 aliphatic heterocycles. The van der Waals surface area contributed by atoms with Crippen molar-refractivity contribution in [3.05, 3.63) is 27.9 Å². The second-order valence-electron chi connectivity index (χ2n) is 3.39. The van der Waals surface area contributed by atoms with Gasteiger partial charge in [-0.1, -0.05) is 0 Å². The van der Waals surface area contributed by atoms with Crippen LogP contribution in [0.2, 0.25) is 0 Å². The summed E-state index contributed by atoms with van der Waals surface area (Å²) in [5.74, 6) is -1.39. The van der Waals surface area contributed by atoms with E-state index in [-0.39, 0.29) is 22.9 Å². The van der Waals surface area contributed by atoms with Crippen LogP contribution < -0.4 is 4.74 Å². The number of ether oxygens (including phenoxy) is 2. The number of hydrogen-bond donors (Lipinski definition) is 0. The molecule has 9 heteroatoms. The van der Waals surface area contributed by atoms with Gasteiger partial charge in [-0.25, -0.2) is 0 Å². The monoisotopic (exact) mass is 288 g/mol. The van der Waals surface area contributed by atoms with Crippen molar-refractivity contribution in [1.29, 1.82) is 0 Å². The van der Waals surface area contributed by atoms with E-state index in [0.717, 1.165) is 0 Å². The van der Waals surface area contributed by atoms with Crippen LogP contribution in [-0.4, -0.2) is 40.1 Å². The molecule has 0 spiro atoms. The van der Waals surface area contributed by atoms with Gasteiger partial charge in [0.15, 0.2) is 5.69 Å². The maximum Gasteiger partial charge on any atom is 0.406 e. The molecular formula is C10H12N2O6S. The van der Waals surface area contributed by atoms with Crippen LogP contribution in [0.4, 0.5) is 5.82 Å². The Morgan fingerprint density at radius 1 is 1.47 bits per heavy atom. The smallest absolute Gasteiger partial charge is 0.406 e. The normalized spacial score (nSPS) is 11.7. The quantitative estimate of drug-likeness (QED) is 0.424. The van der Waals surface area contributed by atoms with Gasteiger partial charge in [0.25, 0.3) is 0 Å². The lowest BCUT2D eigenvalue weighted by Crippen LogP contribution is -2.14. The molecule has 0 saturated heterocycles. The van der Waals surface area contributed by atoms with Gasteiger partial charge in [0, 0.05) is 10.8 Å². The molecule has 19 heavy (non-hydrogen) atoms. The zero-order chi connectivity index (χ0) is 14.4. The maximum absolute atomic E-state index is 11.6. The Kier molecular flexibility index (Phi) is 5.37. The number of pyridine rings is 1. The second-order valence-corrected chi connectivity index (χ2v) is 4.85. The molecule has 0 bridgehead atoms. The minimum Gasteiger partial charge on any atom is -0.489 e. The molecule has 1 heterocycles. The van der Waals surface area contributed by atoms with Crippen molar-refractivity contribution in [1.82, 2.24) is 4.98 Å². The molecule has 1 aromatic rings. The summed E-state index contributed by atoms with van der Waals surface area (Å²) in [5, 5.41) is 10.8. The molecule has 0 aliphatic carbocycles. The number of hydrogen-bond acceptors (Lipinski definition) is 7. The Morgan fingerprint density at radius 2 is 2.16 bits per heavy atom. The molecule has 1 unspecified atom stereocenters. The van der Waals surface area contributed by atoms with E-state index in [1.54, 1.807) is 0 Å². The van der Waals surface area contributed by atoms with Crippen molar-refractivity contribution < 1.29 is 23.4 Å². The number of carbonyl (C=O) groups excluding carboxylic acids is 1. The third-order valence-electron chi connectivity index (χ3n) is 2.11. The van der Waals surface area contributed by atoms with Crippen LogP contribution in [0.25, 0.3) is 0 Å². The molecule has 0 aliphatic rings. The van der Waals surface area contributed by atoms with Crippen LogP contribution in [0.15, 0.2) is 12.1 Å². The summed E-state index contributed by atoms with van der Waals surface area (Å²) in [6.45, 7) is 0. The van der Waals surface area contributed by atoms with Crippen molar-refractivity contribution in [2.24, 2.45) is 0 Å². The molecule has 1 atom stereocenters. The highest BCUT2D eigenvalue weighted by Gasteiger charge is 2.20. The fourth-order valence-corrected chi connectivity index (χ4v) is 2.23. The van der Waals surface area contributed by atoms with Crippen LogP contribution in [0, 0.1) is 10.1 Å². The summed E-state index contributed by atoms with van der Waals surface area (Å²) in [4.78, 5) is 24.7. The van der Waals surface area contributed by atoms with Gasteiger partial charge in [-0.2, -0.15) is 0 Å². The van der Waals surface area contributed by atoms with Gasteiger partial charge in [0.05, 0.1) is 20.0 Å². The van der Waals surface area contributed by atoms with Crippen molar-refractivity contribution in [2.75, 3.05) is 20.0 Å². The van der Waals surface area contributed by atoms with Crippen molar-refractivity contribution in [2.45, 2.75) is 5.75 Å². The number of nitrogens with zero attached hydrogens (tertiary/aromatic N) is 2. The number of esters is 1. The number of methoxy groups -OCH3 is 2. The summed E-state index contributed by atoms with van der Waals surface area (Å²) in [7, 11) is 0.950. The minimum atomic E-state index is -1.53. The summed E-state index contributed by atoms with van der Waals surface area (Å²) < 4.78 is 20.8. The van der Waals surface area contributed by atoms with Crippen LogP contribution in [-0.2, 0) is 26.1 Å². The lowest BCUT2D eigenvalue weighted by atomic mass is 10.3. The Hall–Kier alpha value is -2.03. The molecule has 0 N–H and O–H groups in total. The lowest BCUT2D eigenvalue weighted by molar-refractivity contribution is -0.390. The van der Waals surface area contributed by atoms with E-state index in [0.29, 0.717) is 0 Å². The number of aromatic nitrogens is 1. The number of rotatable bonds is 6. The Labute approximate surface area is 111 Å². The largest absolute Gasteiger partial charge is 0.489 e. The maximum atomic E-state index is 11.6. The zero-order valence-corrected chi connectivity index (χ0v) is 11.1. The molecule has 0 fully saturated rings. The summed E-state index contributed by atoms with van der Waals surface area (Å²) in [6.07, 6.45) is 0. The minimum absolute atomic E-state index is 0.0208. The highest BCUT2D eigenvalue weighted by atomic mass is 32.2. The van der Waals surface area contributed by atoms with Gasteiger partial charge in [0.1, 0.15) is 5.75 Å². The fraction of sp³-hybridized carbons (Fsp3) is 0.400. The first kappa shape index (κ1) is 15.0. The molecule has 0 aromatic carbocycles. The van der Waals surface area contributed by atoms with E-state index >= 15 is 0 Å². The summed E-state index contributed by atoms with van der Waals surface area (Å²) in [5.41, 5.74) is 0.245. The van der Waals surface area contributed by atoms with E-state index in [1.165, 1.54) is 26.4 Å². The van der Waals surface area contributed by atoms with Gasteiger partial charge in [0.2, 0.25) is 5.75 Å². The van der Waals surface area contributed by atoms with Crippen molar-refractivity contribution in [3.63, 3.8) is 0 Å². The second kappa shape index (κ2) is 6.78. The first-order chi connectivity index (χ1) is 8.97. The highest BCUT2D eigenvalue weighted by molar-refractivity contribution is 7.84. The molecule has 104 valence electrons. The predicted octanol–water partition coefficient (Wildman–Crippen LogP) is 0.420. The lowest BCUT2D eigenvalue weighted by Gasteiger charge is -2.02. The molecule has 0 saturated carbocycles. The van der Waals surface area contributed by atoms with Crippen molar-refractivity contribution in [3.8, 4) is 5.75 Å². The predicted molar refractivity (Wildman–Crippen MR) is 66.2 cm³/mol. The fourth-order valence-electron chi connectivity index (χ4n) is 1.25. The summed E-state index contributed by atoms with van der Waals surface area (Å²) in [6, 6.07) is 2.83. The van der Waals surface area contributed by atoms with E-state index in [9.17, 15) is 19.1 Å². The van der Waals surface area contributed by atoms with E-state index in [1.807, 2.05) is 0 Å². The van der Waals surface area contributed by atoms with E-state index < -0.39 is 27.5 Å². The first-order valence-electron chi connectivity index (χ1n) is 5.08. The van der Waals surface area contributed by atoms with Crippen LogP contribution in [0.5, 0.6) is 5.75 Å². The first-order valence-corrected chi connectivity index (χ1v) is 6.56. The van der Waals surface area contributed by atoms with Crippen molar-refractivity contribution >= 4 is 22.6 Å². The topological polar surface area (TPSA) is 109 Å². The standard InChI is InChI=1S/C10H12N2O6S/c1-17-8-4-3-7(11-10(8)12(14)15)5-19(16)6-9(13)18-2/h3-4H,5-6H2,1-2H3. The highest BCUT2D eigenvalue weighted by Crippen LogP contribution is 2.24. The average Bonchev–Trinajstić information content (AvgIpc) is 2.38. The van der Waals surface area contributed by atoms with Gasteiger partial charge in [-0.15, -0.1) is 0 Å². The zero-order valence-electron chi connectivity index (χ0n) is 10.3. The average molecular weight is 288 g/mol. The third-order valence-corrected chi connectivity index (χ3v) is 3.28. The Morgan fingerprint density at radius 3 is 2.68 bits per heavy atom. The van der Waals surface area contributed by atoms with Gasteiger partial charge >= 0.3 is 11.8 Å². The molecule has 8 nitrogen and oxygen atoms in total. The van der Waals surface area contributed by atoms with Crippen LogP contribution >= 0.6 is 0 Å².